The van der Waals surface area contributed by atoms with Gasteiger partial charge in [0, 0.05) is 78.5 Å². The number of aliphatic carboxylic acids is 3. The molecule has 13 heteroatoms. The van der Waals surface area contributed by atoms with E-state index < -0.39 is 24.0 Å². The smallest absolute Gasteiger partial charge is 0.317 e. The second-order valence-electron chi connectivity index (χ2n) is 11.7. The lowest BCUT2D eigenvalue weighted by Gasteiger charge is -2.33. The molecular weight excluding hydrogens is 594 g/mol. The van der Waals surface area contributed by atoms with Gasteiger partial charge in [0.25, 0.3) is 0 Å². The molecule has 254 valence electrons. The molecule has 0 amide bonds. The number of hydrogen-bond acceptors (Lipinski definition) is 10. The van der Waals surface area contributed by atoms with Crippen molar-refractivity contribution in [1.82, 2.24) is 24.5 Å². The van der Waals surface area contributed by atoms with E-state index in [1.54, 1.807) is 14.7 Å². The zero-order chi connectivity index (χ0) is 33.1. The molecule has 0 saturated carbocycles. The van der Waals surface area contributed by atoms with E-state index in [2.05, 4.69) is 29.2 Å². The number of β-amino-alcohol motifs (C(OH)–C–C–N with tert-alkyl or cyclic N) is 1. The Balaban J connectivity index is 1.56. The molecular formula is C33H49N5O8. The van der Waals surface area contributed by atoms with Gasteiger partial charge >= 0.3 is 17.9 Å². The van der Waals surface area contributed by atoms with Gasteiger partial charge in [-0.25, -0.2) is 0 Å². The van der Waals surface area contributed by atoms with E-state index >= 15 is 0 Å². The molecule has 4 N–H and O–H groups in total. The van der Waals surface area contributed by atoms with Gasteiger partial charge in [0.2, 0.25) is 0 Å². The monoisotopic (exact) mass is 643 g/mol. The molecule has 1 aliphatic heterocycles. The van der Waals surface area contributed by atoms with Gasteiger partial charge in [-0.3, -0.25) is 38.9 Å². The molecule has 13 nitrogen and oxygen atoms in total. The van der Waals surface area contributed by atoms with Crippen LogP contribution in [0.4, 0.5) is 0 Å². The SMILES string of the molecule is O=C(O)CN1CCN(CC(=O)O)CCN(CC(O)COCCN(Cc2ccccc2)Cc2ccccc2)CCN(CC(=O)O)CC1. The van der Waals surface area contributed by atoms with E-state index in [4.69, 9.17) is 4.74 Å². The number of hydrogen-bond donors (Lipinski definition) is 4. The zero-order valence-electron chi connectivity index (χ0n) is 26.5. The highest BCUT2D eigenvalue weighted by molar-refractivity contribution is 5.69. The molecule has 46 heavy (non-hydrogen) atoms. The summed E-state index contributed by atoms with van der Waals surface area (Å²) in [5.74, 6) is -2.94. The first-order chi connectivity index (χ1) is 22.2. The first-order valence-electron chi connectivity index (χ1n) is 15.8. The van der Waals surface area contributed by atoms with Crippen LogP contribution in [0.15, 0.2) is 60.7 Å². The predicted octanol–water partition coefficient (Wildman–Crippen LogP) is 0.542. The van der Waals surface area contributed by atoms with Gasteiger partial charge in [0.1, 0.15) is 0 Å². The van der Waals surface area contributed by atoms with Crippen molar-refractivity contribution in [3.8, 4) is 0 Å². The van der Waals surface area contributed by atoms with E-state index in [0.29, 0.717) is 65.5 Å². The standard InChI is InChI=1S/C33H49N5O8/c39-30(27-46-20-19-38(21-28-7-3-1-4-8-28)22-29-9-5-2-6-10-29)23-34-11-13-35(24-31(40)41)15-17-37(26-33(44)45)18-16-36(14-12-34)25-32(42)43/h1-10,30,39H,11-27H2,(H,40,41)(H,42,43)(H,44,45). The number of carboxylic acids is 3. The Morgan fingerprint density at radius 2 is 1.00 bits per heavy atom. The van der Waals surface area contributed by atoms with Gasteiger partial charge in [-0.15, -0.1) is 0 Å². The van der Waals surface area contributed by atoms with Crippen LogP contribution in [0, 0.1) is 0 Å². The van der Waals surface area contributed by atoms with Gasteiger partial charge in [0.15, 0.2) is 0 Å². The third-order valence-electron chi connectivity index (χ3n) is 7.84. The van der Waals surface area contributed by atoms with Crippen molar-refractivity contribution in [1.29, 1.82) is 0 Å². The van der Waals surface area contributed by atoms with Crippen molar-refractivity contribution in [2.24, 2.45) is 0 Å². The molecule has 0 aliphatic carbocycles. The van der Waals surface area contributed by atoms with Crippen LogP contribution in [0.5, 0.6) is 0 Å². The first kappa shape index (κ1) is 37.0. The highest BCUT2D eigenvalue weighted by atomic mass is 16.5. The molecule has 1 heterocycles. The third kappa shape index (κ3) is 15.7. The topological polar surface area (TPSA) is 158 Å². The van der Waals surface area contributed by atoms with Crippen molar-refractivity contribution in [3.63, 3.8) is 0 Å². The molecule has 1 fully saturated rings. The van der Waals surface area contributed by atoms with Crippen LogP contribution in [0.25, 0.3) is 0 Å². The van der Waals surface area contributed by atoms with E-state index in [-0.39, 0.29) is 32.8 Å². The van der Waals surface area contributed by atoms with Crippen LogP contribution >= 0.6 is 0 Å². The van der Waals surface area contributed by atoms with Crippen LogP contribution in [-0.2, 0) is 32.2 Å². The highest BCUT2D eigenvalue weighted by Gasteiger charge is 2.21. The number of ether oxygens (including phenoxy) is 1. The van der Waals surface area contributed by atoms with Gasteiger partial charge in [-0.2, -0.15) is 0 Å². The second-order valence-corrected chi connectivity index (χ2v) is 11.7. The van der Waals surface area contributed by atoms with Crippen LogP contribution in [0.2, 0.25) is 0 Å². The summed E-state index contributed by atoms with van der Waals surface area (Å²) in [7, 11) is 0. The maximum absolute atomic E-state index is 11.5. The average Bonchev–Trinajstić information content (AvgIpc) is 3.01. The highest BCUT2D eigenvalue weighted by Crippen LogP contribution is 2.10. The Bertz CT molecular complexity index is 1100. The van der Waals surface area contributed by atoms with Crippen LogP contribution in [0.3, 0.4) is 0 Å². The lowest BCUT2D eigenvalue weighted by Crippen LogP contribution is -2.49. The number of rotatable bonds is 17. The van der Waals surface area contributed by atoms with E-state index in [1.165, 1.54) is 11.1 Å². The number of aliphatic hydroxyl groups is 1. The minimum Gasteiger partial charge on any atom is -0.480 e. The molecule has 3 rings (SSSR count). The quantitative estimate of drug-likeness (QED) is 0.177. The molecule has 1 aliphatic rings. The van der Waals surface area contributed by atoms with E-state index in [0.717, 1.165) is 13.1 Å². The summed E-state index contributed by atoms with van der Waals surface area (Å²) in [5.41, 5.74) is 2.41. The van der Waals surface area contributed by atoms with Gasteiger partial charge < -0.3 is 25.2 Å². The Morgan fingerprint density at radius 3 is 1.37 bits per heavy atom. The fraction of sp³-hybridized carbons (Fsp3) is 0.545. The average molecular weight is 644 g/mol. The summed E-state index contributed by atoms with van der Waals surface area (Å²) >= 11 is 0. The van der Waals surface area contributed by atoms with E-state index in [9.17, 15) is 34.8 Å². The second kappa shape index (κ2) is 20.6. The summed E-state index contributed by atoms with van der Waals surface area (Å²) < 4.78 is 5.92. The van der Waals surface area contributed by atoms with Crippen molar-refractivity contribution >= 4 is 17.9 Å². The fourth-order valence-corrected chi connectivity index (χ4v) is 5.47. The van der Waals surface area contributed by atoms with Crippen LogP contribution in [0.1, 0.15) is 11.1 Å². The minimum absolute atomic E-state index is 0.128. The van der Waals surface area contributed by atoms with Crippen molar-refractivity contribution in [2.75, 3.05) is 98.3 Å². The lowest BCUT2D eigenvalue weighted by atomic mass is 10.1. The molecule has 1 unspecified atom stereocenters. The Hall–Kier alpha value is -3.43. The number of aliphatic hydroxyl groups excluding tert-OH is 1. The minimum atomic E-state index is -0.996. The Labute approximate surface area is 271 Å². The van der Waals surface area contributed by atoms with Gasteiger partial charge in [-0.1, -0.05) is 60.7 Å². The molecule has 0 spiro atoms. The summed E-state index contributed by atoms with van der Waals surface area (Å²) in [6.07, 6.45) is -0.795. The maximum Gasteiger partial charge on any atom is 0.317 e. The van der Waals surface area contributed by atoms with Gasteiger partial charge in [-0.05, 0) is 11.1 Å². The van der Waals surface area contributed by atoms with Crippen molar-refractivity contribution < 1.29 is 39.5 Å². The molecule has 0 aromatic heterocycles. The Morgan fingerprint density at radius 1 is 0.630 bits per heavy atom. The summed E-state index contributed by atoms with van der Waals surface area (Å²) in [6, 6.07) is 20.5. The Kier molecular flexibility index (Phi) is 16.6. The fourth-order valence-electron chi connectivity index (χ4n) is 5.47. The molecule has 0 radical (unpaired) electrons. The molecule has 2 aromatic rings. The molecule has 1 atom stereocenters. The number of carbonyl (C=O) groups is 3. The van der Waals surface area contributed by atoms with E-state index in [1.807, 2.05) is 41.3 Å². The normalized spacial score (nSPS) is 17.3. The molecule has 0 bridgehead atoms. The van der Waals surface area contributed by atoms with Crippen molar-refractivity contribution in [2.45, 2.75) is 19.2 Å². The van der Waals surface area contributed by atoms with Gasteiger partial charge in [0.05, 0.1) is 39.0 Å². The summed E-state index contributed by atoms with van der Waals surface area (Å²) in [6.45, 7) is 5.53. The number of benzene rings is 2. The predicted molar refractivity (Wildman–Crippen MR) is 172 cm³/mol. The number of nitrogens with zero attached hydrogens (tertiary/aromatic N) is 5. The summed E-state index contributed by atoms with van der Waals surface area (Å²) in [5, 5.41) is 39.1. The van der Waals surface area contributed by atoms with Crippen LogP contribution < -0.4 is 0 Å². The van der Waals surface area contributed by atoms with Crippen LogP contribution in [-0.4, -0.2) is 167 Å². The first-order valence-corrected chi connectivity index (χ1v) is 15.8. The molecule has 2 aromatic carbocycles. The maximum atomic E-state index is 11.5. The number of carboxylic acid groups (broad SMARTS) is 3. The lowest BCUT2D eigenvalue weighted by molar-refractivity contribution is -0.140. The van der Waals surface area contributed by atoms with Crippen molar-refractivity contribution in [3.05, 3.63) is 71.8 Å². The zero-order valence-corrected chi connectivity index (χ0v) is 26.5. The summed E-state index contributed by atoms with van der Waals surface area (Å²) in [4.78, 5) is 44.0. The molecule has 1 saturated heterocycles. The third-order valence-corrected chi connectivity index (χ3v) is 7.84. The largest absolute Gasteiger partial charge is 0.480 e.